The van der Waals surface area contributed by atoms with E-state index in [1.165, 1.54) is 18.4 Å². The van der Waals surface area contributed by atoms with Gasteiger partial charge in [0.25, 0.3) is 0 Å². The normalized spacial score (nSPS) is 12.8. The van der Waals surface area contributed by atoms with E-state index in [0.29, 0.717) is 31.4 Å². The predicted molar refractivity (Wildman–Crippen MR) is 113 cm³/mol. The summed E-state index contributed by atoms with van der Waals surface area (Å²) < 4.78 is 27.9. The van der Waals surface area contributed by atoms with Gasteiger partial charge in [0.15, 0.2) is 0 Å². The number of halogens is 1. The van der Waals surface area contributed by atoms with Crippen molar-refractivity contribution in [3.05, 3.63) is 24.0 Å². The predicted octanol–water partition coefficient (Wildman–Crippen LogP) is 1.47. The number of nitrogens with two attached hydrogens (primary N) is 1. The number of rotatable bonds is 8. The van der Waals surface area contributed by atoms with E-state index in [0.717, 1.165) is 11.3 Å². The Bertz CT molecular complexity index is 927. The molecule has 2 N–H and O–H groups in total. The number of benzene rings is 1. The van der Waals surface area contributed by atoms with Gasteiger partial charge in [-0.05, 0) is 32.0 Å². The van der Waals surface area contributed by atoms with E-state index < -0.39 is 10.0 Å². The molecule has 8 nitrogen and oxygen atoms in total. The Hall–Kier alpha value is -1.68. The second-order valence-corrected chi connectivity index (χ2v) is 8.95. The zero-order chi connectivity index (χ0) is 20.4. The van der Waals surface area contributed by atoms with Crippen LogP contribution in [0.25, 0.3) is 11.0 Å². The molecule has 1 heterocycles. The molecular weight excluding hydrogens is 402 g/mol. The Kier molecular flexibility index (Phi) is 8.43. The Morgan fingerprint density at radius 2 is 1.93 bits per heavy atom. The lowest BCUT2D eigenvalue weighted by molar-refractivity contribution is -0.131. The molecule has 0 aliphatic rings. The van der Waals surface area contributed by atoms with Gasteiger partial charge in [-0.1, -0.05) is 0 Å². The van der Waals surface area contributed by atoms with Crippen LogP contribution in [-0.2, 0) is 27.8 Å². The highest BCUT2D eigenvalue weighted by Crippen LogP contribution is 2.23. The molecule has 0 saturated carbocycles. The van der Waals surface area contributed by atoms with Crippen molar-refractivity contribution in [3.8, 4) is 0 Å². The summed E-state index contributed by atoms with van der Waals surface area (Å²) in [5, 5.41) is 0. The average Bonchev–Trinajstić information content (AvgIpc) is 3.01. The number of hydrogen-bond donors (Lipinski definition) is 1. The number of nitrogens with zero attached hydrogens (tertiary/aromatic N) is 4. The molecule has 0 aliphatic heterocycles. The first kappa shape index (κ1) is 24.4. The second-order valence-electron chi connectivity index (χ2n) is 6.80. The van der Waals surface area contributed by atoms with Gasteiger partial charge in [0.2, 0.25) is 15.9 Å². The van der Waals surface area contributed by atoms with E-state index >= 15 is 0 Å². The van der Waals surface area contributed by atoms with Gasteiger partial charge >= 0.3 is 0 Å². The third-order valence-electron chi connectivity index (χ3n) is 4.85. The standard InChI is InChI=1S/C18H29N5O3S.ClH/c1-6-23-16-8-7-14(27(25,26)21(3)4)11-15(16)20-17(23)9-10-18(24)22(5)13(2)12-19;/h7-8,11,13H,6,9-10,12,19H2,1-5H3;1H. The van der Waals surface area contributed by atoms with Gasteiger partial charge in [-0.2, -0.15) is 0 Å². The third-order valence-corrected chi connectivity index (χ3v) is 6.66. The molecule has 0 saturated heterocycles. The number of carbonyl (C=O) groups is 1. The Labute approximate surface area is 173 Å². The highest BCUT2D eigenvalue weighted by atomic mass is 35.5. The van der Waals surface area contributed by atoms with Crippen molar-refractivity contribution in [1.82, 2.24) is 18.8 Å². The molecule has 0 spiro atoms. The van der Waals surface area contributed by atoms with Crippen LogP contribution in [0, 0.1) is 0 Å². The zero-order valence-corrected chi connectivity index (χ0v) is 18.7. The van der Waals surface area contributed by atoms with Crippen molar-refractivity contribution < 1.29 is 13.2 Å². The van der Waals surface area contributed by atoms with E-state index in [9.17, 15) is 13.2 Å². The minimum absolute atomic E-state index is 0. The Morgan fingerprint density at radius 1 is 1.29 bits per heavy atom. The highest BCUT2D eigenvalue weighted by molar-refractivity contribution is 7.89. The van der Waals surface area contributed by atoms with Crippen LogP contribution in [0.15, 0.2) is 23.1 Å². The number of fused-ring (bicyclic) bond motifs is 1. The van der Waals surface area contributed by atoms with Crippen molar-refractivity contribution in [3.63, 3.8) is 0 Å². The van der Waals surface area contributed by atoms with Crippen molar-refractivity contribution >= 4 is 39.4 Å². The molecule has 1 atom stereocenters. The summed E-state index contributed by atoms with van der Waals surface area (Å²) in [6, 6.07) is 4.94. The number of likely N-dealkylation sites (N-methyl/N-ethyl adjacent to an activating group) is 1. The number of imidazole rings is 1. The van der Waals surface area contributed by atoms with Crippen LogP contribution in [-0.4, -0.2) is 66.8 Å². The van der Waals surface area contributed by atoms with Crippen LogP contribution in [0.1, 0.15) is 26.1 Å². The lowest BCUT2D eigenvalue weighted by atomic mass is 10.2. The maximum Gasteiger partial charge on any atom is 0.242 e. The molecule has 1 aromatic heterocycles. The summed E-state index contributed by atoms with van der Waals surface area (Å²) in [6.07, 6.45) is 0.811. The van der Waals surface area contributed by atoms with Gasteiger partial charge in [0, 0.05) is 53.1 Å². The molecule has 0 bridgehead atoms. The van der Waals surface area contributed by atoms with E-state index in [-0.39, 0.29) is 29.3 Å². The fourth-order valence-corrected chi connectivity index (χ4v) is 3.80. The summed E-state index contributed by atoms with van der Waals surface area (Å²) in [5.41, 5.74) is 7.10. The minimum Gasteiger partial charge on any atom is -0.342 e. The van der Waals surface area contributed by atoms with Gasteiger partial charge in [-0.3, -0.25) is 4.79 Å². The quantitative estimate of drug-likeness (QED) is 0.681. The lowest BCUT2D eigenvalue weighted by Gasteiger charge is -2.23. The molecule has 1 aromatic carbocycles. The topological polar surface area (TPSA) is 102 Å². The number of aryl methyl sites for hydroxylation is 2. The molecule has 0 radical (unpaired) electrons. The summed E-state index contributed by atoms with van der Waals surface area (Å²) in [4.78, 5) is 18.8. The van der Waals surface area contributed by atoms with Gasteiger partial charge < -0.3 is 15.2 Å². The number of sulfonamides is 1. The number of amides is 1. The molecule has 2 aromatic rings. The van der Waals surface area contributed by atoms with Gasteiger partial charge in [-0.25, -0.2) is 17.7 Å². The van der Waals surface area contributed by atoms with Gasteiger partial charge in [-0.15, -0.1) is 12.4 Å². The molecule has 158 valence electrons. The summed E-state index contributed by atoms with van der Waals surface area (Å²) in [6.45, 7) is 5.01. The van der Waals surface area contributed by atoms with Crippen LogP contribution >= 0.6 is 12.4 Å². The summed E-state index contributed by atoms with van der Waals surface area (Å²) >= 11 is 0. The maximum atomic E-state index is 12.4. The smallest absolute Gasteiger partial charge is 0.242 e. The molecule has 0 aliphatic carbocycles. The van der Waals surface area contributed by atoms with E-state index in [4.69, 9.17) is 5.73 Å². The van der Waals surface area contributed by atoms with Crippen LogP contribution in [0.2, 0.25) is 0 Å². The SMILES string of the molecule is CCn1c(CCC(=O)N(C)C(C)CN)nc2cc(S(=O)(=O)N(C)C)ccc21.Cl. The number of carbonyl (C=O) groups excluding carboxylic acids is 1. The molecule has 1 unspecified atom stereocenters. The van der Waals surface area contributed by atoms with Crippen molar-refractivity contribution in [2.75, 3.05) is 27.7 Å². The monoisotopic (exact) mass is 431 g/mol. The van der Waals surface area contributed by atoms with Crippen LogP contribution in [0.4, 0.5) is 0 Å². The van der Waals surface area contributed by atoms with Gasteiger partial charge in [0.1, 0.15) is 5.82 Å². The van der Waals surface area contributed by atoms with Crippen molar-refractivity contribution in [2.24, 2.45) is 5.73 Å². The van der Waals surface area contributed by atoms with Crippen molar-refractivity contribution in [1.29, 1.82) is 0 Å². The molecule has 0 fully saturated rings. The first-order valence-electron chi connectivity index (χ1n) is 9.00. The molecular formula is C18H30ClN5O3S. The Balaban J connectivity index is 0.00000392. The summed E-state index contributed by atoms with van der Waals surface area (Å²) in [5.74, 6) is 0.785. The van der Waals surface area contributed by atoms with Crippen molar-refractivity contribution in [2.45, 2.75) is 44.2 Å². The minimum atomic E-state index is -3.52. The number of hydrogen-bond acceptors (Lipinski definition) is 5. The zero-order valence-electron chi connectivity index (χ0n) is 17.0. The summed E-state index contributed by atoms with van der Waals surface area (Å²) in [7, 11) is 1.23. The van der Waals surface area contributed by atoms with Crippen LogP contribution < -0.4 is 5.73 Å². The second kappa shape index (κ2) is 9.69. The molecule has 28 heavy (non-hydrogen) atoms. The largest absolute Gasteiger partial charge is 0.342 e. The molecule has 1 amide bonds. The first-order chi connectivity index (χ1) is 12.6. The van der Waals surface area contributed by atoms with Gasteiger partial charge in [0.05, 0.1) is 15.9 Å². The number of aromatic nitrogens is 2. The maximum absolute atomic E-state index is 12.4. The van der Waals surface area contributed by atoms with E-state index in [2.05, 4.69) is 4.98 Å². The lowest BCUT2D eigenvalue weighted by Crippen LogP contribution is -2.39. The first-order valence-corrected chi connectivity index (χ1v) is 10.4. The van der Waals surface area contributed by atoms with E-state index in [1.807, 2.05) is 18.4 Å². The molecule has 10 heteroatoms. The van der Waals surface area contributed by atoms with Crippen LogP contribution in [0.3, 0.4) is 0 Å². The third kappa shape index (κ3) is 4.83. The fourth-order valence-electron chi connectivity index (χ4n) is 2.87. The Morgan fingerprint density at radius 3 is 2.46 bits per heavy atom. The fraction of sp³-hybridized carbons (Fsp3) is 0.556. The van der Waals surface area contributed by atoms with Crippen LogP contribution in [0.5, 0.6) is 0 Å². The average molecular weight is 432 g/mol. The molecule has 2 rings (SSSR count). The highest BCUT2D eigenvalue weighted by Gasteiger charge is 2.20. The van der Waals surface area contributed by atoms with E-state index in [1.54, 1.807) is 30.1 Å².